The predicted octanol–water partition coefficient (Wildman–Crippen LogP) is 1.73. The summed E-state index contributed by atoms with van der Waals surface area (Å²) < 4.78 is 31.5. The van der Waals surface area contributed by atoms with Crippen LogP contribution in [0, 0.1) is 11.3 Å². The van der Waals surface area contributed by atoms with Crippen LogP contribution in [-0.2, 0) is 26.2 Å². The van der Waals surface area contributed by atoms with Gasteiger partial charge in [0.1, 0.15) is 12.4 Å². The van der Waals surface area contributed by atoms with Gasteiger partial charge in [-0.05, 0) is 29.8 Å². The van der Waals surface area contributed by atoms with E-state index in [4.69, 9.17) is 10.00 Å². The lowest BCUT2D eigenvalue weighted by atomic mass is 10.2. The van der Waals surface area contributed by atoms with Crippen molar-refractivity contribution in [2.24, 2.45) is 4.99 Å². The Balaban J connectivity index is 1.54. The van der Waals surface area contributed by atoms with Gasteiger partial charge in [-0.25, -0.2) is 8.42 Å². The van der Waals surface area contributed by atoms with Gasteiger partial charge in [-0.1, -0.05) is 24.3 Å². The summed E-state index contributed by atoms with van der Waals surface area (Å²) in [6.07, 6.45) is 0.0314. The third-order valence-electron chi connectivity index (χ3n) is 3.73. The van der Waals surface area contributed by atoms with Gasteiger partial charge in [0.15, 0.2) is 0 Å². The average molecular weight is 369 g/mol. The molecule has 2 aromatic carbocycles. The number of ether oxygens (including phenoxy) is 1. The number of carbonyl (C=O) groups excluding carboxylic acids is 1. The third-order valence-corrected chi connectivity index (χ3v) is 5.13. The highest BCUT2D eigenvalue weighted by Crippen LogP contribution is 2.22. The summed E-state index contributed by atoms with van der Waals surface area (Å²) in [4.78, 5) is 16.2. The Kier molecular flexibility index (Phi) is 5.00. The fourth-order valence-electron chi connectivity index (χ4n) is 2.42. The predicted molar refractivity (Wildman–Crippen MR) is 93.7 cm³/mol. The molecular weight excluding hydrogens is 354 g/mol. The van der Waals surface area contributed by atoms with E-state index in [1.807, 2.05) is 6.07 Å². The van der Waals surface area contributed by atoms with E-state index in [0.29, 0.717) is 11.1 Å². The van der Waals surface area contributed by atoms with Crippen molar-refractivity contribution in [3.8, 4) is 6.07 Å². The van der Waals surface area contributed by atoms with Crippen LogP contribution in [0.15, 0.2) is 58.4 Å². The molecule has 7 nitrogen and oxygen atoms in total. The summed E-state index contributed by atoms with van der Waals surface area (Å²) in [5.41, 5.74) is 1.81. The molecule has 0 aliphatic carbocycles. The lowest BCUT2D eigenvalue weighted by Gasteiger charge is -2.04. The molecule has 0 spiro atoms. The maximum absolute atomic E-state index is 12.0. The van der Waals surface area contributed by atoms with Crippen molar-refractivity contribution in [1.82, 2.24) is 4.72 Å². The molecule has 0 fully saturated rings. The van der Waals surface area contributed by atoms with Crippen molar-refractivity contribution in [1.29, 1.82) is 5.26 Å². The Labute approximate surface area is 151 Å². The van der Waals surface area contributed by atoms with E-state index < -0.39 is 16.0 Å². The van der Waals surface area contributed by atoms with Crippen molar-refractivity contribution in [2.75, 3.05) is 6.54 Å². The van der Waals surface area contributed by atoms with Gasteiger partial charge in [0.25, 0.3) is 10.0 Å². The zero-order chi connectivity index (χ0) is 18.6. The Morgan fingerprint density at radius 3 is 2.62 bits per heavy atom. The van der Waals surface area contributed by atoms with Gasteiger partial charge in [-0.2, -0.15) is 5.26 Å². The van der Waals surface area contributed by atoms with Crippen molar-refractivity contribution in [3.63, 3.8) is 0 Å². The fraction of sp³-hybridized carbons (Fsp3) is 0.167. The van der Waals surface area contributed by atoms with Gasteiger partial charge < -0.3 is 4.74 Å². The highest BCUT2D eigenvalue weighted by molar-refractivity contribution is 7.90. The van der Waals surface area contributed by atoms with Gasteiger partial charge in [-0.15, -0.1) is 0 Å². The van der Waals surface area contributed by atoms with E-state index >= 15 is 0 Å². The van der Waals surface area contributed by atoms with Crippen LogP contribution in [0.5, 0.6) is 0 Å². The first-order valence-corrected chi connectivity index (χ1v) is 9.29. The number of hydrogen-bond donors (Lipinski definition) is 1. The lowest BCUT2D eigenvalue weighted by Crippen LogP contribution is -2.22. The van der Waals surface area contributed by atoms with Crippen molar-refractivity contribution < 1.29 is 17.9 Å². The normalized spacial score (nSPS) is 15.7. The number of amidine groups is 1. The topological polar surface area (TPSA) is 109 Å². The molecule has 3 rings (SSSR count). The average Bonchev–Trinajstić information content (AvgIpc) is 2.91. The molecule has 132 valence electrons. The molecule has 0 amide bonds. The second kappa shape index (κ2) is 7.37. The molecule has 0 atom stereocenters. The van der Waals surface area contributed by atoms with Crippen LogP contribution in [0.4, 0.5) is 0 Å². The van der Waals surface area contributed by atoms with E-state index in [9.17, 15) is 13.2 Å². The summed E-state index contributed by atoms with van der Waals surface area (Å²) >= 11 is 0. The second-order valence-corrected chi connectivity index (χ2v) is 7.20. The molecule has 2 aromatic rings. The van der Waals surface area contributed by atoms with E-state index in [2.05, 4.69) is 9.71 Å². The Morgan fingerprint density at radius 2 is 1.88 bits per heavy atom. The molecule has 0 saturated carbocycles. The fourth-order valence-corrected chi connectivity index (χ4v) is 3.67. The Bertz CT molecular complexity index is 1010. The van der Waals surface area contributed by atoms with E-state index in [0.717, 1.165) is 5.56 Å². The molecule has 0 unspecified atom stereocenters. The zero-order valence-corrected chi connectivity index (χ0v) is 14.5. The molecule has 0 aromatic heterocycles. The van der Waals surface area contributed by atoms with Crippen molar-refractivity contribution in [2.45, 2.75) is 17.9 Å². The molecule has 0 radical (unpaired) electrons. The monoisotopic (exact) mass is 369 g/mol. The minimum Gasteiger partial charge on any atom is -0.461 e. The Hall–Kier alpha value is -3.18. The molecule has 1 N–H and O–H groups in total. The van der Waals surface area contributed by atoms with Crippen LogP contribution in [0.2, 0.25) is 0 Å². The molecule has 26 heavy (non-hydrogen) atoms. The number of aliphatic imine (C=N–C) groups is 1. The first kappa shape index (κ1) is 17.6. The largest absolute Gasteiger partial charge is 0.461 e. The summed E-state index contributed by atoms with van der Waals surface area (Å²) in [6, 6.07) is 15.3. The van der Waals surface area contributed by atoms with Crippen LogP contribution >= 0.6 is 0 Å². The lowest BCUT2D eigenvalue weighted by molar-refractivity contribution is -0.144. The number of esters is 1. The first-order chi connectivity index (χ1) is 12.5. The van der Waals surface area contributed by atoms with Crippen molar-refractivity contribution in [3.05, 3.63) is 65.2 Å². The van der Waals surface area contributed by atoms with Crippen LogP contribution < -0.4 is 4.72 Å². The molecular formula is C18H15N3O4S. The van der Waals surface area contributed by atoms with Crippen molar-refractivity contribution >= 4 is 21.8 Å². The Morgan fingerprint density at radius 1 is 1.15 bits per heavy atom. The van der Waals surface area contributed by atoms with Gasteiger partial charge in [0, 0.05) is 5.56 Å². The number of carbonyl (C=O) groups is 1. The summed E-state index contributed by atoms with van der Waals surface area (Å²) in [5.74, 6) is -0.201. The highest BCUT2D eigenvalue weighted by atomic mass is 32.2. The number of nitrogens with one attached hydrogen (secondary N) is 1. The number of hydrogen-bond acceptors (Lipinski definition) is 6. The highest BCUT2D eigenvalue weighted by Gasteiger charge is 2.29. The van der Waals surface area contributed by atoms with E-state index in [-0.39, 0.29) is 30.3 Å². The summed E-state index contributed by atoms with van der Waals surface area (Å²) in [6.45, 7) is 0.217. The number of fused-ring (bicyclic) bond motifs is 1. The van der Waals surface area contributed by atoms with E-state index in [1.165, 1.54) is 6.07 Å². The zero-order valence-electron chi connectivity index (χ0n) is 13.7. The smallest absolute Gasteiger partial charge is 0.308 e. The maximum atomic E-state index is 12.0. The molecule has 1 aliphatic rings. The van der Waals surface area contributed by atoms with Crippen LogP contribution in [0.1, 0.15) is 23.1 Å². The molecule has 1 aliphatic heterocycles. The van der Waals surface area contributed by atoms with Gasteiger partial charge in [-0.3, -0.25) is 14.5 Å². The number of nitriles is 1. The van der Waals surface area contributed by atoms with Gasteiger partial charge >= 0.3 is 5.97 Å². The number of rotatable bonds is 5. The maximum Gasteiger partial charge on any atom is 0.308 e. The molecule has 0 bridgehead atoms. The third kappa shape index (κ3) is 3.90. The SMILES string of the molecule is N#Cc1ccc(COC(=O)CCN=C2NS(=O)(=O)c3ccccc32)cc1. The minimum absolute atomic E-state index is 0.0314. The van der Waals surface area contributed by atoms with Gasteiger partial charge in [0.05, 0.1) is 29.5 Å². The number of sulfonamides is 1. The van der Waals surface area contributed by atoms with Crippen LogP contribution in [0.3, 0.4) is 0 Å². The van der Waals surface area contributed by atoms with Crippen LogP contribution in [0.25, 0.3) is 0 Å². The quantitative estimate of drug-likeness (QED) is 0.808. The standard InChI is InChI=1S/C18H15N3O4S/c19-11-13-5-7-14(8-6-13)12-25-17(22)9-10-20-18-15-3-1-2-4-16(15)26(23,24)21-18/h1-8H,9-10,12H2,(H,20,21). The van der Waals surface area contributed by atoms with Gasteiger partial charge in [0.2, 0.25) is 0 Å². The second-order valence-electron chi connectivity index (χ2n) is 5.55. The minimum atomic E-state index is -3.58. The molecule has 0 saturated heterocycles. The summed E-state index contributed by atoms with van der Waals surface area (Å²) in [5, 5.41) is 8.74. The molecule has 1 heterocycles. The number of benzene rings is 2. The summed E-state index contributed by atoms with van der Waals surface area (Å²) in [7, 11) is -3.58. The first-order valence-electron chi connectivity index (χ1n) is 7.81. The van der Waals surface area contributed by atoms with E-state index in [1.54, 1.807) is 42.5 Å². The number of nitrogens with zero attached hydrogens (tertiary/aromatic N) is 2. The van der Waals surface area contributed by atoms with Crippen LogP contribution in [-0.4, -0.2) is 26.8 Å². The molecule has 8 heteroatoms.